The maximum atomic E-state index is 12.0. The van der Waals surface area contributed by atoms with Gasteiger partial charge in [0.2, 0.25) is 0 Å². The van der Waals surface area contributed by atoms with Gasteiger partial charge in [-0.05, 0) is 49.6 Å². The number of benzene rings is 1. The lowest BCUT2D eigenvalue weighted by Gasteiger charge is -2.22. The minimum Gasteiger partial charge on any atom is -0.480 e. The number of rotatable bonds is 9. The second-order valence-corrected chi connectivity index (χ2v) is 9.87. The Bertz CT molecular complexity index is 1390. The van der Waals surface area contributed by atoms with Crippen molar-refractivity contribution in [2.45, 2.75) is 39.8 Å². The second-order valence-electron chi connectivity index (χ2n) is 8.87. The van der Waals surface area contributed by atoms with Gasteiger partial charge in [-0.25, -0.2) is 19.7 Å². The number of urea groups is 1. The van der Waals surface area contributed by atoms with E-state index in [0.717, 1.165) is 32.6 Å². The zero-order valence-corrected chi connectivity index (χ0v) is 21.8. The lowest BCUT2D eigenvalue weighted by Crippen LogP contribution is -2.42. The van der Waals surface area contributed by atoms with Crippen molar-refractivity contribution < 1.29 is 14.7 Å². The fraction of sp³-hybridized carbons (Fsp3) is 0.308. The number of nitrogens with zero attached hydrogens (tertiary/aromatic N) is 4. The number of amides is 2. The van der Waals surface area contributed by atoms with Crippen LogP contribution in [0.15, 0.2) is 48.9 Å². The number of carbonyl (C=O) groups excluding carboxylic acids is 1. The van der Waals surface area contributed by atoms with E-state index >= 15 is 0 Å². The van der Waals surface area contributed by atoms with Crippen molar-refractivity contribution in [3.63, 3.8) is 0 Å². The Labute approximate surface area is 218 Å². The summed E-state index contributed by atoms with van der Waals surface area (Å²) < 4.78 is 0.901. The molecule has 1 aromatic carbocycles. The molecule has 37 heavy (non-hydrogen) atoms. The van der Waals surface area contributed by atoms with Crippen molar-refractivity contribution in [1.82, 2.24) is 30.6 Å². The lowest BCUT2D eigenvalue weighted by atomic mass is 10.0. The first-order valence-electron chi connectivity index (χ1n) is 12.0. The molecular weight excluding hydrogens is 490 g/mol. The molecule has 192 valence electrons. The zero-order valence-electron chi connectivity index (χ0n) is 21.0. The number of aliphatic carboxylic acids is 1. The third-order valence-electron chi connectivity index (χ3n) is 5.74. The molecule has 0 bridgehead atoms. The third-order valence-corrected chi connectivity index (χ3v) is 6.76. The van der Waals surface area contributed by atoms with E-state index in [9.17, 15) is 14.7 Å². The number of hydrogen-bond donors (Lipinski definition) is 4. The van der Waals surface area contributed by atoms with Gasteiger partial charge in [-0.15, -0.1) is 0 Å². The van der Waals surface area contributed by atoms with Crippen molar-refractivity contribution in [1.29, 1.82) is 0 Å². The van der Waals surface area contributed by atoms with Crippen LogP contribution in [0, 0.1) is 5.92 Å². The highest BCUT2D eigenvalue weighted by atomic mass is 32.1. The summed E-state index contributed by atoms with van der Waals surface area (Å²) in [6.07, 6.45) is 5.17. The maximum absolute atomic E-state index is 12.0. The van der Waals surface area contributed by atoms with Crippen LogP contribution in [0.4, 0.5) is 9.93 Å². The summed E-state index contributed by atoms with van der Waals surface area (Å²) in [5.74, 6) is -0.483. The Balaban J connectivity index is 1.68. The molecular formula is C26H29N7O3S. The number of fused-ring (bicyclic) bond motifs is 1. The van der Waals surface area contributed by atoms with Crippen LogP contribution in [0.1, 0.15) is 39.6 Å². The van der Waals surface area contributed by atoms with Crippen LogP contribution >= 0.6 is 11.3 Å². The number of anilines is 1. The number of carboxylic acid groups (broad SMARTS) is 1. The first-order chi connectivity index (χ1) is 17.8. The highest BCUT2D eigenvalue weighted by Gasteiger charge is 2.24. The van der Waals surface area contributed by atoms with E-state index in [0.29, 0.717) is 17.5 Å². The maximum Gasteiger partial charge on any atom is 0.321 e. The summed E-state index contributed by atoms with van der Waals surface area (Å²) >= 11 is 1.38. The smallest absolute Gasteiger partial charge is 0.321 e. The number of aromatic nitrogens is 4. The van der Waals surface area contributed by atoms with Gasteiger partial charge in [0.1, 0.15) is 11.9 Å². The van der Waals surface area contributed by atoms with Crippen molar-refractivity contribution in [3.05, 3.63) is 54.7 Å². The van der Waals surface area contributed by atoms with Gasteiger partial charge in [0, 0.05) is 36.3 Å². The topological polar surface area (TPSA) is 142 Å². The molecule has 3 heterocycles. The summed E-state index contributed by atoms with van der Waals surface area (Å²) in [5.41, 5.74) is 4.01. The minimum atomic E-state index is -0.905. The van der Waals surface area contributed by atoms with Gasteiger partial charge in [0.05, 0.1) is 22.0 Å². The van der Waals surface area contributed by atoms with E-state index in [1.165, 1.54) is 11.3 Å². The van der Waals surface area contributed by atoms with Crippen LogP contribution in [0.5, 0.6) is 0 Å². The number of hydrogen-bond acceptors (Lipinski definition) is 8. The van der Waals surface area contributed by atoms with Gasteiger partial charge in [-0.2, -0.15) is 0 Å². The summed E-state index contributed by atoms with van der Waals surface area (Å²) in [6, 6.07) is 8.29. The monoisotopic (exact) mass is 519 g/mol. The molecule has 0 spiro atoms. The standard InChI is InChI=1S/C26H29N7O3S/c1-5-27-25(36)33-26-32-20-11-16(10-18(22(20)37-26)19-8-6-7-9-28-19)17-12-29-23(30-13-17)15(4)31-21(14(2)3)24(34)35/h6-15,21,31H,5H2,1-4H3,(H,34,35)(H2,27,32,33,36)/t15-,21-/m1/s1. The minimum absolute atomic E-state index is 0.0819. The van der Waals surface area contributed by atoms with E-state index < -0.39 is 12.0 Å². The Hall–Kier alpha value is -3.96. The van der Waals surface area contributed by atoms with Gasteiger partial charge in [-0.1, -0.05) is 31.3 Å². The second kappa shape index (κ2) is 11.4. The van der Waals surface area contributed by atoms with Crippen LogP contribution in [0.2, 0.25) is 0 Å². The summed E-state index contributed by atoms with van der Waals surface area (Å²) in [4.78, 5) is 41.8. The van der Waals surface area contributed by atoms with Gasteiger partial charge in [-0.3, -0.25) is 20.4 Å². The average Bonchev–Trinajstić information content (AvgIpc) is 3.29. The molecule has 0 unspecified atom stereocenters. The normalized spacial score (nSPS) is 12.9. The number of thiazole rings is 1. The van der Waals surface area contributed by atoms with E-state index in [4.69, 9.17) is 0 Å². The first kappa shape index (κ1) is 26.1. The molecule has 3 aromatic heterocycles. The molecule has 0 aliphatic rings. The molecule has 10 nitrogen and oxygen atoms in total. The predicted octanol–water partition coefficient (Wildman–Crippen LogP) is 4.72. The number of carboxylic acids is 1. The highest BCUT2D eigenvalue weighted by molar-refractivity contribution is 7.22. The SMILES string of the molecule is CCNC(=O)Nc1nc2cc(-c3cnc([C@@H](C)N[C@@H](C(=O)O)C(C)C)nc3)cc(-c3ccccn3)c2s1. The Kier molecular flexibility index (Phi) is 8.04. The molecule has 4 N–H and O–H groups in total. The number of pyridine rings is 1. The van der Waals surface area contributed by atoms with Crippen molar-refractivity contribution >= 4 is 38.7 Å². The summed E-state index contributed by atoms with van der Waals surface area (Å²) in [6.45, 7) is 7.92. The molecule has 4 aromatic rings. The Morgan fingerprint density at radius 3 is 2.43 bits per heavy atom. The van der Waals surface area contributed by atoms with Gasteiger partial charge >= 0.3 is 12.0 Å². The zero-order chi connectivity index (χ0) is 26.5. The number of nitrogens with one attached hydrogen (secondary N) is 3. The first-order valence-corrected chi connectivity index (χ1v) is 12.8. The quantitative estimate of drug-likeness (QED) is 0.249. The molecule has 4 rings (SSSR count). The fourth-order valence-corrected chi connectivity index (χ4v) is 4.83. The van der Waals surface area contributed by atoms with E-state index in [2.05, 4.69) is 35.9 Å². The van der Waals surface area contributed by atoms with Crippen LogP contribution in [0.25, 0.3) is 32.6 Å². The van der Waals surface area contributed by atoms with Gasteiger partial charge in [0.15, 0.2) is 5.13 Å². The van der Waals surface area contributed by atoms with Crippen LogP contribution in [-0.4, -0.2) is 49.6 Å². The molecule has 0 aliphatic carbocycles. The van der Waals surface area contributed by atoms with Crippen molar-refractivity contribution in [2.24, 2.45) is 5.92 Å². The highest BCUT2D eigenvalue weighted by Crippen LogP contribution is 2.38. The molecule has 0 fully saturated rings. The summed E-state index contributed by atoms with van der Waals surface area (Å²) in [7, 11) is 0. The third kappa shape index (κ3) is 6.07. The fourth-order valence-electron chi connectivity index (χ4n) is 3.87. The molecule has 2 atom stereocenters. The number of carbonyl (C=O) groups is 2. The van der Waals surface area contributed by atoms with Gasteiger partial charge < -0.3 is 10.4 Å². The molecule has 2 amide bonds. The van der Waals surface area contributed by atoms with Crippen LogP contribution < -0.4 is 16.0 Å². The molecule has 0 aliphatic heterocycles. The van der Waals surface area contributed by atoms with E-state index in [1.54, 1.807) is 18.6 Å². The Morgan fingerprint density at radius 2 is 1.81 bits per heavy atom. The van der Waals surface area contributed by atoms with E-state index in [1.807, 2.05) is 58.0 Å². The van der Waals surface area contributed by atoms with Crippen LogP contribution in [0.3, 0.4) is 0 Å². The molecule has 0 saturated heterocycles. The Morgan fingerprint density at radius 1 is 1.05 bits per heavy atom. The summed E-state index contributed by atoms with van der Waals surface area (Å²) in [5, 5.41) is 18.5. The van der Waals surface area contributed by atoms with Crippen molar-refractivity contribution in [2.75, 3.05) is 11.9 Å². The average molecular weight is 520 g/mol. The molecule has 0 saturated carbocycles. The van der Waals surface area contributed by atoms with Crippen LogP contribution in [-0.2, 0) is 4.79 Å². The lowest BCUT2D eigenvalue weighted by molar-refractivity contribution is -0.140. The largest absolute Gasteiger partial charge is 0.480 e. The van der Waals surface area contributed by atoms with Crippen molar-refractivity contribution in [3.8, 4) is 22.4 Å². The van der Waals surface area contributed by atoms with E-state index in [-0.39, 0.29) is 18.0 Å². The molecule has 11 heteroatoms. The predicted molar refractivity (Wildman–Crippen MR) is 144 cm³/mol. The molecule has 0 radical (unpaired) electrons. The van der Waals surface area contributed by atoms with Gasteiger partial charge in [0.25, 0.3) is 0 Å².